The summed E-state index contributed by atoms with van der Waals surface area (Å²) in [5.41, 5.74) is 1.15. The normalized spacial score (nSPS) is 15.5. The Balaban J connectivity index is 1.20. The van der Waals surface area contributed by atoms with Gasteiger partial charge in [0.15, 0.2) is 17.3 Å². The minimum atomic E-state index is -4.54. The van der Waals surface area contributed by atoms with Gasteiger partial charge in [0.2, 0.25) is 15.9 Å². The molecule has 0 unspecified atom stereocenters. The highest BCUT2D eigenvalue weighted by molar-refractivity contribution is 7.89. The average Bonchev–Trinajstić information content (AvgIpc) is 3.61. The second kappa shape index (κ2) is 10.9. The number of alkyl halides is 3. The van der Waals surface area contributed by atoms with E-state index < -0.39 is 44.1 Å². The number of hydrogen-bond donors (Lipinski definition) is 1. The lowest BCUT2D eigenvalue weighted by molar-refractivity contribution is -0.137. The largest absolute Gasteiger partial charge is 0.416 e. The van der Waals surface area contributed by atoms with Crippen molar-refractivity contribution in [2.24, 2.45) is 5.14 Å². The molecule has 0 saturated heterocycles. The van der Waals surface area contributed by atoms with Gasteiger partial charge in [-0.1, -0.05) is 6.07 Å². The van der Waals surface area contributed by atoms with E-state index in [2.05, 4.69) is 20.4 Å². The molecule has 2 amide bonds. The molecule has 0 atom stereocenters. The SMILES string of the molecule is Cc1nnn(Cc2cc(C(F)(F)F)ccc2CCC(=O)N2CC3=C(C2)CN(C(=O)c2ncc(S(N)(=O)=O)cc2F)C3)n1. The van der Waals surface area contributed by atoms with Gasteiger partial charge in [0.25, 0.3) is 5.91 Å². The zero-order chi connectivity index (χ0) is 30.4. The fourth-order valence-electron chi connectivity index (χ4n) is 4.92. The van der Waals surface area contributed by atoms with E-state index in [1.165, 1.54) is 15.8 Å². The van der Waals surface area contributed by atoms with Crippen LogP contribution in [0.25, 0.3) is 0 Å². The number of hydrogen-bond acceptors (Lipinski definition) is 8. The molecule has 4 heterocycles. The van der Waals surface area contributed by atoms with Crippen LogP contribution in [0.5, 0.6) is 0 Å². The third kappa shape index (κ3) is 6.15. The first-order chi connectivity index (χ1) is 19.7. The van der Waals surface area contributed by atoms with E-state index in [4.69, 9.17) is 5.14 Å². The third-order valence-corrected chi connectivity index (χ3v) is 7.90. The van der Waals surface area contributed by atoms with Crippen molar-refractivity contribution in [1.29, 1.82) is 0 Å². The van der Waals surface area contributed by atoms with Crippen molar-refractivity contribution in [2.75, 3.05) is 26.2 Å². The van der Waals surface area contributed by atoms with Gasteiger partial charge in [-0.3, -0.25) is 9.59 Å². The number of pyridine rings is 1. The number of carbonyl (C=O) groups excluding carboxylic acids is 2. The molecule has 17 heteroatoms. The van der Waals surface area contributed by atoms with Crippen molar-refractivity contribution in [2.45, 2.75) is 37.4 Å². The average molecular weight is 609 g/mol. The number of halogens is 4. The van der Waals surface area contributed by atoms with Crippen molar-refractivity contribution in [3.8, 4) is 0 Å². The van der Waals surface area contributed by atoms with Crippen LogP contribution in [-0.2, 0) is 34.0 Å². The fraction of sp³-hybridized carbons (Fsp3) is 0.360. The molecule has 0 bridgehead atoms. The van der Waals surface area contributed by atoms with Crippen LogP contribution >= 0.6 is 0 Å². The highest BCUT2D eigenvalue weighted by Crippen LogP contribution is 2.32. The predicted molar refractivity (Wildman–Crippen MR) is 136 cm³/mol. The van der Waals surface area contributed by atoms with Crippen molar-refractivity contribution in [3.63, 3.8) is 0 Å². The number of rotatable bonds is 7. The Morgan fingerprint density at radius 2 is 1.69 bits per heavy atom. The molecule has 5 rings (SSSR count). The van der Waals surface area contributed by atoms with Crippen LogP contribution in [0.1, 0.15) is 39.4 Å². The van der Waals surface area contributed by atoms with Crippen LogP contribution in [0, 0.1) is 12.7 Å². The van der Waals surface area contributed by atoms with Gasteiger partial charge in [-0.2, -0.15) is 18.0 Å². The Morgan fingerprint density at radius 3 is 2.26 bits per heavy atom. The lowest BCUT2D eigenvalue weighted by Gasteiger charge is -2.23. The second-order valence-corrected chi connectivity index (χ2v) is 11.6. The smallest absolute Gasteiger partial charge is 0.335 e. The number of amides is 2. The molecule has 0 aliphatic carbocycles. The van der Waals surface area contributed by atoms with E-state index in [9.17, 15) is 35.6 Å². The molecule has 2 aliphatic heterocycles. The number of sulfonamides is 1. The van der Waals surface area contributed by atoms with Crippen LogP contribution in [0.15, 0.2) is 46.5 Å². The first-order valence-corrected chi connectivity index (χ1v) is 14.1. The quantitative estimate of drug-likeness (QED) is 0.312. The van der Waals surface area contributed by atoms with Gasteiger partial charge in [0.1, 0.15) is 4.90 Å². The molecule has 12 nitrogen and oxygen atoms in total. The molecule has 0 spiro atoms. The van der Waals surface area contributed by atoms with Crippen LogP contribution in [-0.4, -0.2) is 81.4 Å². The number of benzene rings is 1. The summed E-state index contributed by atoms with van der Waals surface area (Å²) in [4.78, 5) is 33.1. The van der Waals surface area contributed by atoms with Crippen LogP contribution in [0.3, 0.4) is 0 Å². The van der Waals surface area contributed by atoms with Gasteiger partial charge in [-0.15, -0.1) is 10.2 Å². The molecule has 0 saturated carbocycles. The Hall–Kier alpha value is -4.25. The molecule has 1 aromatic carbocycles. The van der Waals surface area contributed by atoms with Crippen molar-refractivity contribution < 1.29 is 35.6 Å². The fourth-order valence-corrected chi connectivity index (χ4v) is 5.39. The highest BCUT2D eigenvalue weighted by atomic mass is 32.2. The van der Waals surface area contributed by atoms with Crippen LogP contribution in [0.2, 0.25) is 0 Å². The van der Waals surface area contributed by atoms with E-state index in [-0.39, 0.29) is 51.5 Å². The number of tetrazole rings is 1. The third-order valence-electron chi connectivity index (χ3n) is 7.02. The number of nitrogens with zero attached hydrogens (tertiary/aromatic N) is 7. The zero-order valence-electron chi connectivity index (χ0n) is 22.1. The summed E-state index contributed by atoms with van der Waals surface area (Å²) in [6.07, 6.45) is -3.50. The Morgan fingerprint density at radius 1 is 1.02 bits per heavy atom. The number of nitrogens with two attached hydrogens (primary N) is 1. The topological polar surface area (TPSA) is 157 Å². The maximum Gasteiger partial charge on any atom is 0.416 e. The molecule has 3 aromatic rings. The van der Waals surface area contributed by atoms with E-state index in [0.717, 1.165) is 29.5 Å². The first kappa shape index (κ1) is 29.2. The van der Waals surface area contributed by atoms with Gasteiger partial charge in [0.05, 0.1) is 12.1 Å². The Bertz CT molecular complexity index is 1700. The number of aryl methyl sites for hydroxylation is 2. The summed E-state index contributed by atoms with van der Waals surface area (Å²) in [5.74, 6) is -1.69. The number of carbonyl (C=O) groups is 2. The van der Waals surface area contributed by atoms with E-state index in [1.54, 1.807) is 11.8 Å². The number of aromatic nitrogens is 5. The molecule has 0 fully saturated rings. The standard InChI is InChI=1S/C25H24F4N8O4S/c1-14-32-34-37(33-14)13-16-6-19(25(27,28)29)4-2-15(16)3-5-22(38)35-9-17-11-36(12-18(17)10-35)24(39)23-21(26)7-20(8-31-23)42(30,40)41/h2,4,6-8H,3,5,9-13H2,1H3,(H2,30,40,41). The maximum absolute atomic E-state index is 14.4. The van der Waals surface area contributed by atoms with Crippen molar-refractivity contribution in [3.05, 3.63) is 75.6 Å². The molecule has 42 heavy (non-hydrogen) atoms. The van der Waals surface area contributed by atoms with Gasteiger partial charge in [0, 0.05) is 38.8 Å². The highest BCUT2D eigenvalue weighted by Gasteiger charge is 2.36. The summed E-state index contributed by atoms with van der Waals surface area (Å²) in [7, 11) is -4.19. The summed E-state index contributed by atoms with van der Waals surface area (Å²) in [6, 6.07) is 3.99. The van der Waals surface area contributed by atoms with E-state index in [0.29, 0.717) is 23.0 Å². The van der Waals surface area contributed by atoms with Crippen molar-refractivity contribution in [1.82, 2.24) is 35.0 Å². The zero-order valence-corrected chi connectivity index (χ0v) is 22.9. The lowest BCUT2D eigenvalue weighted by Crippen LogP contribution is -2.37. The monoisotopic (exact) mass is 608 g/mol. The van der Waals surface area contributed by atoms with Gasteiger partial charge in [-0.25, -0.2) is 22.9 Å². The molecular formula is C25H24F4N8O4S. The Kier molecular flexibility index (Phi) is 7.57. The number of primary sulfonamides is 1. The summed E-state index contributed by atoms with van der Waals surface area (Å²) in [5, 5.41) is 16.6. The van der Waals surface area contributed by atoms with Gasteiger partial charge in [-0.05, 0) is 59.0 Å². The molecule has 2 aromatic heterocycles. The summed E-state index contributed by atoms with van der Waals surface area (Å²) in [6.45, 7) is 2.35. The first-order valence-electron chi connectivity index (χ1n) is 12.6. The summed E-state index contributed by atoms with van der Waals surface area (Å²) >= 11 is 0. The molecule has 222 valence electrons. The minimum absolute atomic E-state index is 0.0386. The van der Waals surface area contributed by atoms with E-state index in [1.807, 2.05) is 0 Å². The van der Waals surface area contributed by atoms with Gasteiger partial charge >= 0.3 is 6.18 Å². The minimum Gasteiger partial charge on any atom is -0.335 e. The Labute approximate surface area is 236 Å². The predicted octanol–water partition coefficient (Wildman–Crippen LogP) is 1.46. The lowest BCUT2D eigenvalue weighted by atomic mass is 9.99. The summed E-state index contributed by atoms with van der Waals surface area (Å²) < 4.78 is 77.2. The van der Waals surface area contributed by atoms with Crippen molar-refractivity contribution >= 4 is 21.8 Å². The van der Waals surface area contributed by atoms with Crippen LogP contribution < -0.4 is 5.14 Å². The van der Waals surface area contributed by atoms with E-state index >= 15 is 0 Å². The molecule has 2 aliphatic rings. The molecule has 0 radical (unpaired) electrons. The maximum atomic E-state index is 14.4. The molecular weight excluding hydrogens is 584 g/mol. The van der Waals surface area contributed by atoms with Crippen LogP contribution in [0.4, 0.5) is 17.6 Å². The molecule has 2 N–H and O–H groups in total. The van der Waals surface area contributed by atoms with Gasteiger partial charge < -0.3 is 9.80 Å². The second-order valence-electron chi connectivity index (χ2n) is 10.0.